The SMILES string of the molecule is C.C=CC1CCCC(N)C1. The molecule has 0 amide bonds. The molecule has 2 N–H and O–H groups in total. The summed E-state index contributed by atoms with van der Waals surface area (Å²) >= 11 is 0. The van der Waals surface area contributed by atoms with Gasteiger partial charge >= 0.3 is 0 Å². The third-order valence-corrected chi connectivity index (χ3v) is 2.09. The Bertz CT molecular complexity index is 98.9. The van der Waals surface area contributed by atoms with Crippen LogP contribution in [0.3, 0.4) is 0 Å². The fourth-order valence-corrected chi connectivity index (χ4v) is 1.48. The van der Waals surface area contributed by atoms with E-state index in [9.17, 15) is 0 Å². The molecule has 1 aliphatic carbocycles. The van der Waals surface area contributed by atoms with Crippen molar-refractivity contribution in [3.8, 4) is 0 Å². The van der Waals surface area contributed by atoms with Gasteiger partial charge in [-0.2, -0.15) is 0 Å². The van der Waals surface area contributed by atoms with Gasteiger partial charge in [0.05, 0.1) is 0 Å². The summed E-state index contributed by atoms with van der Waals surface area (Å²) in [6, 6.07) is 0.446. The Labute approximate surface area is 64.3 Å². The van der Waals surface area contributed by atoms with Crippen molar-refractivity contribution in [3.63, 3.8) is 0 Å². The van der Waals surface area contributed by atoms with E-state index in [4.69, 9.17) is 5.73 Å². The van der Waals surface area contributed by atoms with Gasteiger partial charge in [-0.05, 0) is 25.2 Å². The van der Waals surface area contributed by atoms with E-state index < -0.39 is 0 Å². The van der Waals surface area contributed by atoms with Gasteiger partial charge in [0.15, 0.2) is 0 Å². The minimum absolute atomic E-state index is 0. The summed E-state index contributed by atoms with van der Waals surface area (Å²) in [5, 5.41) is 0. The lowest BCUT2D eigenvalue weighted by atomic mass is 9.86. The zero-order valence-corrected chi connectivity index (χ0v) is 5.84. The second-order valence-corrected chi connectivity index (χ2v) is 2.92. The highest BCUT2D eigenvalue weighted by atomic mass is 14.6. The van der Waals surface area contributed by atoms with E-state index in [-0.39, 0.29) is 7.43 Å². The summed E-state index contributed by atoms with van der Waals surface area (Å²) in [6.07, 6.45) is 7.00. The van der Waals surface area contributed by atoms with Crippen LogP contribution < -0.4 is 5.73 Å². The molecular formula is C9H19N. The van der Waals surface area contributed by atoms with Crippen LogP contribution >= 0.6 is 0 Å². The lowest BCUT2D eigenvalue weighted by Crippen LogP contribution is -2.26. The third kappa shape index (κ3) is 2.53. The number of allylic oxidation sites excluding steroid dienone is 1. The van der Waals surface area contributed by atoms with Crippen molar-refractivity contribution in [1.82, 2.24) is 0 Å². The van der Waals surface area contributed by atoms with Crippen LogP contribution in [0.25, 0.3) is 0 Å². The van der Waals surface area contributed by atoms with Crippen LogP contribution in [0.15, 0.2) is 12.7 Å². The van der Waals surface area contributed by atoms with E-state index in [1.54, 1.807) is 0 Å². The minimum Gasteiger partial charge on any atom is -0.328 e. The number of rotatable bonds is 1. The van der Waals surface area contributed by atoms with E-state index in [1.165, 1.54) is 19.3 Å². The van der Waals surface area contributed by atoms with Gasteiger partial charge in [0.25, 0.3) is 0 Å². The molecule has 1 fully saturated rings. The van der Waals surface area contributed by atoms with E-state index >= 15 is 0 Å². The van der Waals surface area contributed by atoms with Crippen molar-refractivity contribution in [2.75, 3.05) is 0 Å². The molecule has 0 heterocycles. The van der Waals surface area contributed by atoms with Crippen LogP contribution in [0.1, 0.15) is 33.1 Å². The van der Waals surface area contributed by atoms with Crippen LogP contribution in [0.4, 0.5) is 0 Å². The Morgan fingerprint density at radius 2 is 2.10 bits per heavy atom. The summed E-state index contributed by atoms with van der Waals surface area (Å²) < 4.78 is 0. The van der Waals surface area contributed by atoms with Crippen LogP contribution in [-0.2, 0) is 0 Å². The molecule has 0 aromatic rings. The van der Waals surface area contributed by atoms with Crippen molar-refractivity contribution in [3.05, 3.63) is 12.7 Å². The Morgan fingerprint density at radius 1 is 1.40 bits per heavy atom. The lowest BCUT2D eigenvalue weighted by molar-refractivity contribution is 0.373. The summed E-state index contributed by atoms with van der Waals surface area (Å²) in [5.74, 6) is 0.703. The van der Waals surface area contributed by atoms with Gasteiger partial charge in [-0.15, -0.1) is 6.58 Å². The normalized spacial score (nSPS) is 32.5. The largest absolute Gasteiger partial charge is 0.328 e. The summed E-state index contributed by atoms with van der Waals surface area (Å²) in [7, 11) is 0. The molecule has 1 heteroatoms. The van der Waals surface area contributed by atoms with Gasteiger partial charge in [-0.1, -0.05) is 19.9 Å². The second-order valence-electron chi connectivity index (χ2n) is 2.92. The standard InChI is InChI=1S/C8H15N.CH4/c1-2-7-4-3-5-8(9)6-7;/h2,7-8H,1,3-6,9H2;1H4. The maximum atomic E-state index is 5.75. The first-order valence-electron chi connectivity index (χ1n) is 3.71. The predicted octanol–water partition coefficient (Wildman–Crippen LogP) is 2.33. The molecule has 60 valence electrons. The topological polar surface area (TPSA) is 26.0 Å². The number of hydrogen-bond donors (Lipinski definition) is 1. The van der Waals surface area contributed by atoms with E-state index in [0.29, 0.717) is 12.0 Å². The fraction of sp³-hybridized carbons (Fsp3) is 0.778. The van der Waals surface area contributed by atoms with Gasteiger partial charge in [0, 0.05) is 6.04 Å². The van der Waals surface area contributed by atoms with Crippen molar-refractivity contribution < 1.29 is 0 Å². The average molecular weight is 141 g/mol. The number of hydrogen-bond acceptors (Lipinski definition) is 1. The molecule has 0 bridgehead atoms. The van der Waals surface area contributed by atoms with Crippen molar-refractivity contribution in [2.24, 2.45) is 11.7 Å². The molecule has 1 rings (SSSR count). The van der Waals surface area contributed by atoms with E-state index in [1.807, 2.05) is 6.08 Å². The maximum Gasteiger partial charge on any atom is 0.00444 e. The van der Waals surface area contributed by atoms with Crippen molar-refractivity contribution in [2.45, 2.75) is 39.2 Å². The molecule has 0 aromatic heterocycles. The molecule has 0 radical (unpaired) electrons. The molecule has 2 atom stereocenters. The zero-order chi connectivity index (χ0) is 6.69. The predicted molar refractivity (Wildman–Crippen MR) is 46.9 cm³/mol. The molecule has 2 unspecified atom stereocenters. The van der Waals surface area contributed by atoms with Gasteiger partial charge in [-0.3, -0.25) is 0 Å². The van der Waals surface area contributed by atoms with Gasteiger partial charge in [0.2, 0.25) is 0 Å². The Balaban J connectivity index is 0.000000810. The molecule has 0 aliphatic heterocycles. The summed E-state index contributed by atoms with van der Waals surface area (Å²) in [5.41, 5.74) is 5.75. The number of nitrogens with two attached hydrogens (primary N) is 1. The minimum atomic E-state index is 0. The maximum absolute atomic E-state index is 5.75. The average Bonchev–Trinajstić information content (AvgIpc) is 1.88. The fourth-order valence-electron chi connectivity index (χ4n) is 1.48. The molecule has 0 saturated heterocycles. The van der Waals surface area contributed by atoms with Crippen molar-refractivity contribution >= 4 is 0 Å². The van der Waals surface area contributed by atoms with Crippen molar-refractivity contribution in [1.29, 1.82) is 0 Å². The zero-order valence-electron chi connectivity index (χ0n) is 5.84. The first-order chi connectivity index (χ1) is 4.33. The second kappa shape index (κ2) is 4.51. The molecular weight excluding hydrogens is 122 g/mol. The molecule has 0 aromatic carbocycles. The third-order valence-electron chi connectivity index (χ3n) is 2.09. The summed E-state index contributed by atoms with van der Waals surface area (Å²) in [6.45, 7) is 3.76. The van der Waals surface area contributed by atoms with E-state index in [2.05, 4.69) is 6.58 Å². The molecule has 0 spiro atoms. The summed E-state index contributed by atoms with van der Waals surface area (Å²) in [4.78, 5) is 0. The highest BCUT2D eigenvalue weighted by Gasteiger charge is 2.15. The highest BCUT2D eigenvalue weighted by molar-refractivity contribution is 4.85. The Kier molecular flexibility index (Phi) is 4.37. The monoisotopic (exact) mass is 141 g/mol. The highest BCUT2D eigenvalue weighted by Crippen LogP contribution is 2.23. The molecule has 1 saturated carbocycles. The van der Waals surface area contributed by atoms with Crippen LogP contribution in [0.5, 0.6) is 0 Å². The van der Waals surface area contributed by atoms with Crippen LogP contribution in [-0.4, -0.2) is 6.04 Å². The lowest BCUT2D eigenvalue weighted by Gasteiger charge is -2.23. The molecule has 1 aliphatic rings. The quantitative estimate of drug-likeness (QED) is 0.557. The van der Waals surface area contributed by atoms with Crippen LogP contribution in [0.2, 0.25) is 0 Å². The van der Waals surface area contributed by atoms with E-state index in [0.717, 1.165) is 6.42 Å². The Morgan fingerprint density at radius 3 is 2.50 bits per heavy atom. The van der Waals surface area contributed by atoms with Gasteiger partial charge in [0.1, 0.15) is 0 Å². The first-order valence-corrected chi connectivity index (χ1v) is 3.71. The smallest absolute Gasteiger partial charge is 0.00444 e. The first kappa shape index (κ1) is 9.70. The van der Waals surface area contributed by atoms with Crippen LogP contribution in [0, 0.1) is 5.92 Å². The van der Waals surface area contributed by atoms with Gasteiger partial charge < -0.3 is 5.73 Å². The molecule has 10 heavy (non-hydrogen) atoms. The van der Waals surface area contributed by atoms with Gasteiger partial charge in [-0.25, -0.2) is 0 Å². The molecule has 1 nitrogen and oxygen atoms in total. The Hall–Kier alpha value is -0.300.